The Hall–Kier alpha value is -2.34. The van der Waals surface area contributed by atoms with Gasteiger partial charge in [-0.25, -0.2) is 4.79 Å². The molecule has 0 saturated heterocycles. The lowest BCUT2D eigenvalue weighted by Gasteiger charge is -2.27. The fourth-order valence-corrected chi connectivity index (χ4v) is 2.82. The van der Waals surface area contributed by atoms with E-state index < -0.39 is 54.2 Å². The summed E-state index contributed by atoms with van der Waals surface area (Å²) in [6, 6.07) is -3.64. The van der Waals surface area contributed by atoms with Crippen molar-refractivity contribution in [2.45, 2.75) is 51.2 Å². The molecule has 3 amide bonds. The van der Waals surface area contributed by atoms with Crippen LogP contribution in [0.25, 0.3) is 0 Å². The Morgan fingerprint density at radius 2 is 1.59 bits per heavy atom. The van der Waals surface area contributed by atoms with Crippen LogP contribution in [0.15, 0.2) is 0 Å². The predicted octanol–water partition coefficient (Wildman–Crippen LogP) is -1.24. The van der Waals surface area contributed by atoms with Crippen molar-refractivity contribution in [2.75, 3.05) is 18.6 Å². The quantitative estimate of drug-likeness (QED) is 0.194. The SMILES string of the molecule is CCC(C)C(NC(=O)CN)C(=O)NC(CCSC)C(=O)NC(CC(=O)O)C(=O)O. The van der Waals surface area contributed by atoms with Gasteiger partial charge in [-0.05, 0) is 24.3 Å². The van der Waals surface area contributed by atoms with E-state index in [1.165, 1.54) is 11.8 Å². The highest BCUT2D eigenvalue weighted by molar-refractivity contribution is 7.98. The zero-order valence-corrected chi connectivity index (χ0v) is 17.6. The lowest BCUT2D eigenvalue weighted by Crippen LogP contribution is -2.57. The molecule has 0 aliphatic carbocycles. The second-order valence-electron chi connectivity index (χ2n) is 6.47. The van der Waals surface area contributed by atoms with Crippen molar-refractivity contribution in [2.24, 2.45) is 11.7 Å². The van der Waals surface area contributed by atoms with E-state index in [0.717, 1.165) is 0 Å². The Bertz CT molecular complexity index is 602. The molecule has 0 spiro atoms. The van der Waals surface area contributed by atoms with Crippen LogP contribution in [0, 0.1) is 5.92 Å². The van der Waals surface area contributed by atoms with E-state index in [1.807, 2.05) is 6.92 Å². The van der Waals surface area contributed by atoms with Gasteiger partial charge in [0.1, 0.15) is 18.1 Å². The number of carboxylic acids is 2. The molecule has 0 bridgehead atoms. The number of carboxylic acid groups (broad SMARTS) is 2. The molecule has 0 saturated carbocycles. The van der Waals surface area contributed by atoms with Crippen LogP contribution in [0.4, 0.5) is 0 Å². The van der Waals surface area contributed by atoms with Gasteiger partial charge in [-0.1, -0.05) is 20.3 Å². The van der Waals surface area contributed by atoms with E-state index in [1.54, 1.807) is 13.2 Å². The van der Waals surface area contributed by atoms with E-state index in [4.69, 9.17) is 15.9 Å². The summed E-state index contributed by atoms with van der Waals surface area (Å²) in [7, 11) is 0. The molecule has 4 atom stereocenters. The van der Waals surface area contributed by atoms with E-state index in [0.29, 0.717) is 12.2 Å². The normalized spacial score (nSPS) is 14.8. The molecular formula is C17H30N4O7S. The molecule has 0 aromatic rings. The first-order chi connectivity index (χ1) is 13.6. The summed E-state index contributed by atoms with van der Waals surface area (Å²) in [5.74, 6) is -4.58. The second kappa shape index (κ2) is 13.8. The van der Waals surface area contributed by atoms with E-state index in [-0.39, 0.29) is 18.9 Å². The van der Waals surface area contributed by atoms with Gasteiger partial charge in [-0.15, -0.1) is 0 Å². The topological polar surface area (TPSA) is 188 Å². The highest BCUT2D eigenvalue weighted by atomic mass is 32.2. The van der Waals surface area contributed by atoms with Crippen LogP contribution in [-0.4, -0.2) is 76.6 Å². The third kappa shape index (κ3) is 10.1. The number of carbonyl (C=O) groups is 5. The number of nitrogens with one attached hydrogen (secondary N) is 3. The summed E-state index contributed by atoms with van der Waals surface area (Å²) in [6.07, 6.45) is 1.76. The molecule has 0 aliphatic rings. The maximum atomic E-state index is 12.7. The number of amides is 3. The Morgan fingerprint density at radius 3 is 2.03 bits per heavy atom. The van der Waals surface area contributed by atoms with Crippen LogP contribution in [0.1, 0.15) is 33.1 Å². The van der Waals surface area contributed by atoms with Crippen molar-refractivity contribution in [3.05, 3.63) is 0 Å². The minimum atomic E-state index is -1.63. The minimum Gasteiger partial charge on any atom is -0.481 e. The maximum Gasteiger partial charge on any atom is 0.326 e. The highest BCUT2D eigenvalue weighted by Crippen LogP contribution is 2.10. The van der Waals surface area contributed by atoms with Crippen molar-refractivity contribution in [1.29, 1.82) is 0 Å². The van der Waals surface area contributed by atoms with Gasteiger partial charge in [-0.3, -0.25) is 19.2 Å². The number of thioether (sulfide) groups is 1. The van der Waals surface area contributed by atoms with Crippen molar-refractivity contribution >= 4 is 41.4 Å². The molecule has 0 rings (SSSR count). The maximum absolute atomic E-state index is 12.7. The lowest BCUT2D eigenvalue weighted by atomic mass is 9.97. The summed E-state index contributed by atoms with van der Waals surface area (Å²) >= 11 is 1.42. The number of nitrogens with two attached hydrogens (primary N) is 1. The molecule has 7 N–H and O–H groups in total. The van der Waals surface area contributed by atoms with Crippen LogP contribution in [0.2, 0.25) is 0 Å². The zero-order chi connectivity index (χ0) is 22.6. The summed E-state index contributed by atoms with van der Waals surface area (Å²) < 4.78 is 0. The third-order valence-electron chi connectivity index (χ3n) is 4.23. The molecule has 11 nitrogen and oxygen atoms in total. The molecule has 29 heavy (non-hydrogen) atoms. The van der Waals surface area contributed by atoms with Gasteiger partial charge in [-0.2, -0.15) is 11.8 Å². The standard InChI is InChI=1S/C17H30N4O7S/c1-4-9(2)14(21-12(22)8-18)16(26)19-10(5-6-29-3)15(25)20-11(17(27)28)7-13(23)24/h9-11,14H,4-8,18H2,1-3H3,(H,19,26)(H,20,25)(H,21,22)(H,23,24)(H,27,28). The highest BCUT2D eigenvalue weighted by Gasteiger charge is 2.31. The number of hydrogen-bond acceptors (Lipinski definition) is 7. The number of rotatable bonds is 14. The number of hydrogen-bond donors (Lipinski definition) is 6. The largest absolute Gasteiger partial charge is 0.481 e. The fraction of sp³-hybridized carbons (Fsp3) is 0.706. The van der Waals surface area contributed by atoms with Gasteiger partial charge in [0.25, 0.3) is 0 Å². The summed E-state index contributed by atoms with van der Waals surface area (Å²) in [5.41, 5.74) is 5.29. The van der Waals surface area contributed by atoms with Crippen LogP contribution < -0.4 is 21.7 Å². The fourth-order valence-electron chi connectivity index (χ4n) is 2.35. The lowest BCUT2D eigenvalue weighted by molar-refractivity contribution is -0.147. The Morgan fingerprint density at radius 1 is 1.00 bits per heavy atom. The first kappa shape index (κ1) is 26.7. The van der Waals surface area contributed by atoms with Gasteiger partial charge < -0.3 is 31.9 Å². The molecule has 0 aromatic heterocycles. The van der Waals surface area contributed by atoms with Crippen LogP contribution in [0.3, 0.4) is 0 Å². The molecule has 4 unspecified atom stereocenters. The van der Waals surface area contributed by atoms with Gasteiger partial charge >= 0.3 is 11.9 Å². The van der Waals surface area contributed by atoms with Crippen molar-refractivity contribution in [3.63, 3.8) is 0 Å². The average Bonchev–Trinajstić information content (AvgIpc) is 2.66. The number of carbonyl (C=O) groups excluding carboxylic acids is 3. The van der Waals surface area contributed by atoms with Gasteiger partial charge in [0.2, 0.25) is 17.7 Å². The second-order valence-corrected chi connectivity index (χ2v) is 7.46. The van der Waals surface area contributed by atoms with Crippen LogP contribution in [0.5, 0.6) is 0 Å². The summed E-state index contributed by atoms with van der Waals surface area (Å²) in [4.78, 5) is 58.9. The minimum absolute atomic E-state index is 0.191. The Labute approximate surface area is 173 Å². The number of aliphatic carboxylic acids is 2. The molecule has 166 valence electrons. The molecule has 0 heterocycles. The van der Waals surface area contributed by atoms with E-state index in [2.05, 4.69) is 16.0 Å². The average molecular weight is 435 g/mol. The van der Waals surface area contributed by atoms with E-state index in [9.17, 15) is 24.0 Å². The Balaban J connectivity index is 5.38. The monoisotopic (exact) mass is 434 g/mol. The molecule has 0 radical (unpaired) electrons. The molecule has 0 aromatic carbocycles. The predicted molar refractivity (Wildman–Crippen MR) is 107 cm³/mol. The zero-order valence-electron chi connectivity index (χ0n) is 16.8. The van der Waals surface area contributed by atoms with Crippen molar-refractivity contribution < 1.29 is 34.2 Å². The summed E-state index contributed by atoms with van der Waals surface area (Å²) in [5, 5.41) is 25.1. The van der Waals surface area contributed by atoms with Crippen molar-refractivity contribution in [1.82, 2.24) is 16.0 Å². The van der Waals surface area contributed by atoms with Gasteiger partial charge in [0.15, 0.2) is 0 Å². The molecular weight excluding hydrogens is 404 g/mol. The molecule has 0 fully saturated rings. The van der Waals surface area contributed by atoms with Crippen LogP contribution >= 0.6 is 11.8 Å². The van der Waals surface area contributed by atoms with Crippen molar-refractivity contribution in [3.8, 4) is 0 Å². The van der Waals surface area contributed by atoms with Crippen LogP contribution in [-0.2, 0) is 24.0 Å². The molecule has 12 heteroatoms. The Kier molecular flexibility index (Phi) is 12.7. The first-order valence-corrected chi connectivity index (χ1v) is 10.5. The third-order valence-corrected chi connectivity index (χ3v) is 4.88. The van der Waals surface area contributed by atoms with Gasteiger partial charge in [0, 0.05) is 0 Å². The molecule has 0 aliphatic heterocycles. The van der Waals surface area contributed by atoms with Gasteiger partial charge in [0.05, 0.1) is 13.0 Å². The smallest absolute Gasteiger partial charge is 0.326 e. The summed E-state index contributed by atoms with van der Waals surface area (Å²) in [6.45, 7) is 3.29. The van der Waals surface area contributed by atoms with E-state index >= 15 is 0 Å². The first-order valence-electron chi connectivity index (χ1n) is 9.10.